The first-order valence-electron chi connectivity index (χ1n) is 5.54. The van der Waals surface area contributed by atoms with Crippen LogP contribution in [0.5, 0.6) is 0 Å². The Hall–Kier alpha value is -1.13. The highest BCUT2D eigenvalue weighted by Crippen LogP contribution is 2.26. The van der Waals surface area contributed by atoms with Gasteiger partial charge in [0.05, 0.1) is 6.04 Å². The Balaban J connectivity index is 2.11. The van der Waals surface area contributed by atoms with Crippen molar-refractivity contribution in [3.8, 4) is 0 Å². The number of nitrogens with one attached hydrogen (secondary N) is 1. The molecule has 0 bridgehead atoms. The standard InChI is InChI=1S/C12H14ClN3S/c1-3-11-15-16-12(17-11)14-8(2)9-6-4-5-7-10(9)13/h4-8H,3H2,1-2H3,(H,14,16). The molecule has 90 valence electrons. The minimum absolute atomic E-state index is 0.126. The van der Waals surface area contributed by atoms with Gasteiger partial charge in [-0.25, -0.2) is 0 Å². The Morgan fingerprint density at radius 2 is 2.12 bits per heavy atom. The van der Waals surface area contributed by atoms with Crippen LogP contribution in [-0.2, 0) is 6.42 Å². The van der Waals surface area contributed by atoms with Gasteiger partial charge in [0.1, 0.15) is 5.01 Å². The highest BCUT2D eigenvalue weighted by Gasteiger charge is 2.11. The molecular formula is C12H14ClN3S. The maximum atomic E-state index is 6.15. The molecule has 1 unspecified atom stereocenters. The van der Waals surface area contributed by atoms with Crippen molar-refractivity contribution in [2.45, 2.75) is 26.3 Å². The lowest BCUT2D eigenvalue weighted by Crippen LogP contribution is -2.06. The van der Waals surface area contributed by atoms with Gasteiger partial charge in [0.2, 0.25) is 5.13 Å². The molecule has 1 N–H and O–H groups in total. The van der Waals surface area contributed by atoms with Gasteiger partial charge in [0.25, 0.3) is 0 Å². The number of hydrogen-bond acceptors (Lipinski definition) is 4. The molecule has 0 aliphatic carbocycles. The van der Waals surface area contributed by atoms with Gasteiger partial charge in [-0.1, -0.05) is 48.1 Å². The van der Waals surface area contributed by atoms with Crippen LogP contribution in [0.2, 0.25) is 5.02 Å². The SMILES string of the molecule is CCc1nnc(NC(C)c2ccccc2Cl)s1. The van der Waals surface area contributed by atoms with E-state index in [0.717, 1.165) is 27.1 Å². The zero-order chi connectivity index (χ0) is 12.3. The summed E-state index contributed by atoms with van der Waals surface area (Å²) in [5.41, 5.74) is 1.07. The Morgan fingerprint density at radius 3 is 2.76 bits per heavy atom. The first-order chi connectivity index (χ1) is 8.20. The van der Waals surface area contributed by atoms with E-state index in [9.17, 15) is 0 Å². The number of aromatic nitrogens is 2. The van der Waals surface area contributed by atoms with Gasteiger partial charge < -0.3 is 5.32 Å². The van der Waals surface area contributed by atoms with Crippen LogP contribution >= 0.6 is 22.9 Å². The lowest BCUT2D eigenvalue weighted by atomic mass is 10.1. The fraction of sp³-hybridized carbons (Fsp3) is 0.333. The molecule has 1 aromatic heterocycles. The molecule has 0 spiro atoms. The van der Waals surface area contributed by atoms with E-state index in [0.29, 0.717) is 0 Å². The molecule has 0 saturated heterocycles. The molecule has 0 fully saturated rings. The molecule has 1 heterocycles. The number of aryl methyl sites for hydroxylation is 1. The lowest BCUT2D eigenvalue weighted by Gasteiger charge is -2.14. The topological polar surface area (TPSA) is 37.8 Å². The third-order valence-electron chi connectivity index (χ3n) is 2.48. The molecule has 2 aromatic rings. The van der Waals surface area contributed by atoms with Gasteiger partial charge in [-0.05, 0) is 25.0 Å². The first kappa shape index (κ1) is 12.3. The smallest absolute Gasteiger partial charge is 0.206 e. The Labute approximate surface area is 110 Å². The summed E-state index contributed by atoms with van der Waals surface area (Å²) in [4.78, 5) is 0. The van der Waals surface area contributed by atoms with E-state index in [2.05, 4.69) is 29.4 Å². The summed E-state index contributed by atoms with van der Waals surface area (Å²) in [5.74, 6) is 0. The minimum atomic E-state index is 0.126. The summed E-state index contributed by atoms with van der Waals surface area (Å²) in [6.07, 6.45) is 0.916. The molecule has 2 rings (SSSR count). The molecular weight excluding hydrogens is 254 g/mol. The average Bonchev–Trinajstić information content (AvgIpc) is 2.77. The van der Waals surface area contributed by atoms with Crippen LogP contribution in [-0.4, -0.2) is 10.2 Å². The van der Waals surface area contributed by atoms with E-state index < -0.39 is 0 Å². The highest BCUT2D eigenvalue weighted by atomic mass is 35.5. The van der Waals surface area contributed by atoms with Crippen LogP contribution in [0.15, 0.2) is 24.3 Å². The maximum absolute atomic E-state index is 6.15. The third kappa shape index (κ3) is 2.96. The normalized spacial score (nSPS) is 12.4. The number of benzene rings is 1. The molecule has 0 saturated carbocycles. The molecule has 1 aromatic carbocycles. The minimum Gasteiger partial charge on any atom is -0.354 e. The van der Waals surface area contributed by atoms with Crippen molar-refractivity contribution >= 4 is 28.1 Å². The maximum Gasteiger partial charge on any atom is 0.206 e. The molecule has 0 aliphatic rings. The molecule has 17 heavy (non-hydrogen) atoms. The van der Waals surface area contributed by atoms with E-state index in [1.807, 2.05) is 24.3 Å². The average molecular weight is 268 g/mol. The van der Waals surface area contributed by atoms with Gasteiger partial charge >= 0.3 is 0 Å². The summed E-state index contributed by atoms with van der Waals surface area (Å²) >= 11 is 7.73. The van der Waals surface area contributed by atoms with Gasteiger partial charge in [0, 0.05) is 5.02 Å². The summed E-state index contributed by atoms with van der Waals surface area (Å²) in [7, 11) is 0. The molecule has 0 radical (unpaired) electrons. The number of nitrogens with zero attached hydrogens (tertiary/aromatic N) is 2. The Kier molecular flexibility index (Phi) is 3.97. The molecule has 3 nitrogen and oxygen atoms in total. The van der Waals surface area contributed by atoms with Crippen molar-refractivity contribution < 1.29 is 0 Å². The molecule has 1 atom stereocenters. The number of anilines is 1. The van der Waals surface area contributed by atoms with Gasteiger partial charge in [-0.2, -0.15) is 0 Å². The lowest BCUT2D eigenvalue weighted by molar-refractivity contribution is 0.870. The van der Waals surface area contributed by atoms with Gasteiger partial charge in [0.15, 0.2) is 0 Å². The van der Waals surface area contributed by atoms with Crippen molar-refractivity contribution in [1.82, 2.24) is 10.2 Å². The van der Waals surface area contributed by atoms with E-state index >= 15 is 0 Å². The Morgan fingerprint density at radius 1 is 1.35 bits per heavy atom. The van der Waals surface area contributed by atoms with Crippen LogP contribution in [0.25, 0.3) is 0 Å². The van der Waals surface area contributed by atoms with Gasteiger partial charge in [-0.15, -0.1) is 10.2 Å². The number of halogens is 1. The second-order valence-electron chi connectivity index (χ2n) is 3.74. The molecule has 0 aliphatic heterocycles. The molecule has 0 amide bonds. The third-order valence-corrected chi connectivity index (χ3v) is 3.82. The predicted octanol–water partition coefficient (Wildman–Crippen LogP) is 3.93. The van der Waals surface area contributed by atoms with Crippen LogP contribution < -0.4 is 5.32 Å². The number of hydrogen-bond donors (Lipinski definition) is 1. The second-order valence-corrected chi connectivity index (χ2v) is 5.21. The van der Waals surface area contributed by atoms with Crippen LogP contribution in [0.4, 0.5) is 5.13 Å². The summed E-state index contributed by atoms with van der Waals surface area (Å²) in [6, 6.07) is 7.95. The fourth-order valence-corrected chi connectivity index (χ4v) is 2.61. The van der Waals surface area contributed by atoms with Crippen LogP contribution in [0, 0.1) is 0 Å². The summed E-state index contributed by atoms with van der Waals surface area (Å²) < 4.78 is 0. The van der Waals surface area contributed by atoms with Crippen molar-refractivity contribution in [3.63, 3.8) is 0 Å². The first-order valence-corrected chi connectivity index (χ1v) is 6.73. The Bertz CT molecular complexity index is 498. The predicted molar refractivity (Wildman–Crippen MR) is 72.8 cm³/mol. The molecule has 5 heteroatoms. The van der Waals surface area contributed by atoms with E-state index in [4.69, 9.17) is 11.6 Å². The van der Waals surface area contributed by atoms with Crippen molar-refractivity contribution in [2.24, 2.45) is 0 Å². The quantitative estimate of drug-likeness (QED) is 0.912. The zero-order valence-corrected chi connectivity index (χ0v) is 11.3. The summed E-state index contributed by atoms with van der Waals surface area (Å²) in [6.45, 7) is 4.13. The van der Waals surface area contributed by atoms with Crippen molar-refractivity contribution in [1.29, 1.82) is 0 Å². The van der Waals surface area contributed by atoms with Crippen LogP contribution in [0.3, 0.4) is 0 Å². The monoisotopic (exact) mass is 267 g/mol. The summed E-state index contributed by atoms with van der Waals surface area (Å²) in [5, 5.41) is 14.1. The largest absolute Gasteiger partial charge is 0.354 e. The van der Waals surface area contributed by atoms with E-state index in [1.54, 1.807) is 11.3 Å². The van der Waals surface area contributed by atoms with E-state index in [1.165, 1.54) is 0 Å². The van der Waals surface area contributed by atoms with Crippen molar-refractivity contribution in [3.05, 3.63) is 39.9 Å². The van der Waals surface area contributed by atoms with Gasteiger partial charge in [-0.3, -0.25) is 0 Å². The van der Waals surface area contributed by atoms with E-state index in [-0.39, 0.29) is 6.04 Å². The number of rotatable bonds is 4. The van der Waals surface area contributed by atoms with Crippen LogP contribution in [0.1, 0.15) is 30.5 Å². The van der Waals surface area contributed by atoms with Crippen molar-refractivity contribution in [2.75, 3.05) is 5.32 Å². The fourth-order valence-electron chi connectivity index (χ4n) is 1.54. The highest BCUT2D eigenvalue weighted by molar-refractivity contribution is 7.15. The zero-order valence-electron chi connectivity index (χ0n) is 9.77. The second kappa shape index (κ2) is 5.47.